The van der Waals surface area contributed by atoms with Crippen molar-refractivity contribution in [3.05, 3.63) is 69.6 Å². The third-order valence-electron chi connectivity index (χ3n) is 6.33. The van der Waals surface area contributed by atoms with E-state index in [0.717, 1.165) is 24.9 Å². The Labute approximate surface area is 206 Å². The predicted octanol–water partition coefficient (Wildman–Crippen LogP) is 4.72. The minimum Gasteiger partial charge on any atom is -0.493 e. The van der Waals surface area contributed by atoms with Crippen LogP contribution < -0.4 is 14.9 Å². The largest absolute Gasteiger partial charge is 0.493 e. The standard InChI is InChI=1S/C28H34N2O5/c1-18(2)13-16-34-22-12-11-19(17-23(22)33-5)25-24-26(31)20-9-6-7-10-21(20)35-27(24)28(32)30(25)15-8-14-29(3)4/h6-7,9-12,17-18,25H,8,13-16H2,1-5H3/t25-/m1/s1. The van der Waals surface area contributed by atoms with Crippen molar-refractivity contribution in [1.29, 1.82) is 0 Å². The highest BCUT2D eigenvalue weighted by Crippen LogP contribution is 2.41. The van der Waals surface area contributed by atoms with Crippen molar-refractivity contribution in [2.75, 3.05) is 40.9 Å². The molecular formula is C28H34N2O5. The van der Waals surface area contributed by atoms with Crippen molar-refractivity contribution in [1.82, 2.24) is 9.80 Å². The van der Waals surface area contributed by atoms with Gasteiger partial charge in [0.05, 0.1) is 30.7 Å². The molecule has 0 saturated carbocycles. The molecule has 1 aliphatic heterocycles. The molecule has 1 aromatic heterocycles. The monoisotopic (exact) mass is 478 g/mol. The lowest BCUT2D eigenvalue weighted by Gasteiger charge is -2.26. The Morgan fingerprint density at radius 3 is 2.57 bits per heavy atom. The summed E-state index contributed by atoms with van der Waals surface area (Å²) in [5.41, 5.74) is 1.42. The molecule has 4 rings (SSSR count). The van der Waals surface area contributed by atoms with Crippen LogP contribution in [-0.2, 0) is 0 Å². The molecule has 0 radical (unpaired) electrons. The Morgan fingerprint density at radius 1 is 1.09 bits per heavy atom. The topological polar surface area (TPSA) is 72.2 Å². The lowest BCUT2D eigenvalue weighted by atomic mass is 9.98. The van der Waals surface area contributed by atoms with Gasteiger partial charge in [0.25, 0.3) is 5.91 Å². The van der Waals surface area contributed by atoms with E-state index in [4.69, 9.17) is 13.9 Å². The molecule has 0 saturated heterocycles. The first-order valence-electron chi connectivity index (χ1n) is 12.1. The fraction of sp³-hybridized carbons (Fsp3) is 0.429. The molecule has 0 aliphatic carbocycles. The van der Waals surface area contributed by atoms with Gasteiger partial charge in [-0.25, -0.2) is 0 Å². The summed E-state index contributed by atoms with van der Waals surface area (Å²) in [6, 6.07) is 12.1. The van der Waals surface area contributed by atoms with Gasteiger partial charge < -0.3 is 23.7 Å². The second-order valence-electron chi connectivity index (χ2n) is 9.67. The van der Waals surface area contributed by atoms with Crippen LogP contribution in [-0.4, -0.2) is 56.6 Å². The average Bonchev–Trinajstić information content (AvgIpc) is 3.11. The van der Waals surface area contributed by atoms with Crippen LogP contribution in [0.2, 0.25) is 0 Å². The summed E-state index contributed by atoms with van der Waals surface area (Å²) in [6.45, 7) is 6.21. The Balaban J connectivity index is 1.78. The maximum atomic E-state index is 13.6. The van der Waals surface area contributed by atoms with E-state index >= 15 is 0 Å². The van der Waals surface area contributed by atoms with Crippen LogP contribution in [0.15, 0.2) is 51.7 Å². The summed E-state index contributed by atoms with van der Waals surface area (Å²) >= 11 is 0. The Kier molecular flexibility index (Phi) is 7.45. The van der Waals surface area contributed by atoms with Crippen LogP contribution in [0.5, 0.6) is 11.5 Å². The molecule has 0 spiro atoms. The number of hydrogen-bond donors (Lipinski definition) is 0. The van der Waals surface area contributed by atoms with Crippen molar-refractivity contribution in [3.8, 4) is 11.5 Å². The molecule has 1 aliphatic rings. The van der Waals surface area contributed by atoms with Gasteiger partial charge in [-0.1, -0.05) is 32.0 Å². The number of ether oxygens (including phenoxy) is 2. The Hall–Kier alpha value is -3.32. The van der Waals surface area contributed by atoms with Crippen molar-refractivity contribution in [3.63, 3.8) is 0 Å². The minimum absolute atomic E-state index is 0.125. The molecule has 2 aromatic carbocycles. The third kappa shape index (κ3) is 5.05. The zero-order chi connectivity index (χ0) is 25.1. The van der Waals surface area contributed by atoms with Crippen molar-refractivity contribution >= 4 is 16.9 Å². The number of methoxy groups -OCH3 is 1. The van der Waals surface area contributed by atoms with E-state index in [-0.39, 0.29) is 17.1 Å². The summed E-state index contributed by atoms with van der Waals surface area (Å²) in [5, 5.41) is 0.472. The van der Waals surface area contributed by atoms with Crippen LogP contribution in [0.3, 0.4) is 0 Å². The van der Waals surface area contributed by atoms with E-state index in [1.165, 1.54) is 0 Å². The molecule has 0 N–H and O–H groups in total. The van der Waals surface area contributed by atoms with E-state index in [0.29, 0.717) is 47.1 Å². The normalized spacial score (nSPS) is 15.3. The molecule has 0 unspecified atom stereocenters. The number of amides is 1. The van der Waals surface area contributed by atoms with Gasteiger partial charge in [0.1, 0.15) is 5.58 Å². The Bertz CT molecular complexity index is 1260. The highest BCUT2D eigenvalue weighted by atomic mass is 16.5. The zero-order valence-electron chi connectivity index (χ0n) is 21.2. The second kappa shape index (κ2) is 10.5. The minimum atomic E-state index is -0.556. The molecule has 0 fully saturated rings. The van der Waals surface area contributed by atoms with E-state index in [1.54, 1.807) is 36.3 Å². The summed E-state index contributed by atoms with van der Waals surface area (Å²) in [5.74, 6) is 1.62. The lowest BCUT2D eigenvalue weighted by molar-refractivity contribution is 0.0722. The maximum Gasteiger partial charge on any atom is 0.290 e. The van der Waals surface area contributed by atoms with Gasteiger partial charge in [0.15, 0.2) is 16.9 Å². The fourth-order valence-electron chi connectivity index (χ4n) is 4.48. The SMILES string of the molecule is COc1cc([C@@H]2c3c(oc4ccccc4c3=O)C(=O)N2CCCN(C)C)ccc1OCCC(C)C. The van der Waals surface area contributed by atoms with Gasteiger partial charge in [0, 0.05) is 6.54 Å². The third-order valence-corrected chi connectivity index (χ3v) is 6.33. The van der Waals surface area contributed by atoms with E-state index in [1.807, 2.05) is 32.3 Å². The summed E-state index contributed by atoms with van der Waals surface area (Å²) in [7, 11) is 5.59. The van der Waals surface area contributed by atoms with Gasteiger partial charge in [-0.3, -0.25) is 9.59 Å². The summed E-state index contributed by atoms with van der Waals surface area (Å²) in [6.07, 6.45) is 1.70. The highest BCUT2D eigenvalue weighted by Gasteiger charge is 2.42. The average molecular weight is 479 g/mol. The van der Waals surface area contributed by atoms with Gasteiger partial charge in [-0.2, -0.15) is 0 Å². The van der Waals surface area contributed by atoms with Crippen LogP contribution in [0.1, 0.15) is 54.4 Å². The van der Waals surface area contributed by atoms with Gasteiger partial charge in [0.2, 0.25) is 5.76 Å². The van der Waals surface area contributed by atoms with E-state index in [9.17, 15) is 9.59 Å². The van der Waals surface area contributed by atoms with Gasteiger partial charge in [-0.05, 0) is 69.2 Å². The number of rotatable bonds is 10. The molecule has 186 valence electrons. The van der Waals surface area contributed by atoms with Crippen molar-refractivity contribution in [2.24, 2.45) is 5.92 Å². The van der Waals surface area contributed by atoms with Crippen molar-refractivity contribution < 1.29 is 18.7 Å². The molecule has 35 heavy (non-hydrogen) atoms. The van der Waals surface area contributed by atoms with Crippen LogP contribution in [0, 0.1) is 5.92 Å². The number of carbonyl (C=O) groups is 1. The summed E-state index contributed by atoms with van der Waals surface area (Å²) in [4.78, 5) is 30.9. The highest BCUT2D eigenvalue weighted by molar-refractivity contribution is 5.99. The first-order chi connectivity index (χ1) is 16.8. The molecule has 1 atom stereocenters. The molecular weight excluding hydrogens is 444 g/mol. The second-order valence-corrected chi connectivity index (χ2v) is 9.67. The summed E-state index contributed by atoms with van der Waals surface area (Å²) < 4.78 is 17.6. The first-order valence-corrected chi connectivity index (χ1v) is 12.1. The quantitative estimate of drug-likeness (QED) is 0.420. The Morgan fingerprint density at radius 2 is 1.86 bits per heavy atom. The number of fused-ring (bicyclic) bond motifs is 2. The van der Waals surface area contributed by atoms with Crippen LogP contribution in [0.4, 0.5) is 0 Å². The lowest BCUT2D eigenvalue weighted by Crippen LogP contribution is -2.32. The van der Waals surface area contributed by atoms with E-state index in [2.05, 4.69) is 18.7 Å². The van der Waals surface area contributed by atoms with Gasteiger partial charge in [-0.15, -0.1) is 0 Å². The number of para-hydroxylation sites is 1. The van der Waals surface area contributed by atoms with Crippen LogP contribution in [0.25, 0.3) is 11.0 Å². The van der Waals surface area contributed by atoms with E-state index < -0.39 is 6.04 Å². The molecule has 7 heteroatoms. The van der Waals surface area contributed by atoms with Crippen molar-refractivity contribution in [2.45, 2.75) is 32.7 Å². The smallest absolute Gasteiger partial charge is 0.290 e. The number of nitrogens with zero attached hydrogens (tertiary/aromatic N) is 2. The van der Waals surface area contributed by atoms with Gasteiger partial charge >= 0.3 is 0 Å². The maximum absolute atomic E-state index is 13.6. The fourth-order valence-corrected chi connectivity index (χ4v) is 4.48. The number of hydrogen-bond acceptors (Lipinski definition) is 6. The molecule has 7 nitrogen and oxygen atoms in total. The molecule has 1 amide bonds. The first kappa shape index (κ1) is 24.8. The number of carbonyl (C=O) groups excluding carboxylic acids is 1. The van der Waals surface area contributed by atoms with Crippen LogP contribution >= 0.6 is 0 Å². The number of benzene rings is 2. The molecule has 0 bridgehead atoms. The molecule has 2 heterocycles. The predicted molar refractivity (Wildman–Crippen MR) is 136 cm³/mol. The molecule has 3 aromatic rings. The zero-order valence-corrected chi connectivity index (χ0v) is 21.2.